The molecular weight excluding hydrogens is 238 g/mol. The number of aryl methyl sites for hydroxylation is 1. The van der Waals surface area contributed by atoms with Crippen molar-refractivity contribution in [2.24, 2.45) is 0 Å². The lowest BCUT2D eigenvalue weighted by molar-refractivity contribution is 0.580. The molecule has 0 spiro atoms. The number of hydrogen-bond donors (Lipinski definition) is 1. The number of furan rings is 1. The van der Waals surface area contributed by atoms with Crippen molar-refractivity contribution in [3.63, 3.8) is 0 Å². The highest BCUT2D eigenvalue weighted by Crippen LogP contribution is 2.25. The van der Waals surface area contributed by atoms with Crippen LogP contribution in [0, 0.1) is 6.92 Å². The summed E-state index contributed by atoms with van der Waals surface area (Å²) < 4.78 is 5.34. The lowest BCUT2D eigenvalue weighted by atomic mass is 10.1. The van der Waals surface area contributed by atoms with Gasteiger partial charge in [-0.2, -0.15) is 0 Å². The molecule has 2 N–H and O–H groups in total. The van der Waals surface area contributed by atoms with E-state index in [1.165, 1.54) is 5.56 Å². The molecule has 0 fully saturated rings. The maximum atomic E-state index is 5.78. The summed E-state index contributed by atoms with van der Waals surface area (Å²) in [5.41, 5.74) is 9.45. The molecule has 0 amide bonds. The molecule has 94 valence electrons. The van der Waals surface area contributed by atoms with Crippen molar-refractivity contribution in [3.05, 3.63) is 54.3 Å². The van der Waals surface area contributed by atoms with Crippen LogP contribution < -0.4 is 5.73 Å². The monoisotopic (exact) mass is 251 g/mol. The third kappa shape index (κ3) is 2.33. The average molecular weight is 251 g/mol. The number of hydrogen-bond acceptors (Lipinski definition) is 4. The fourth-order valence-electron chi connectivity index (χ4n) is 1.97. The van der Waals surface area contributed by atoms with Crippen LogP contribution in [0.1, 0.15) is 5.56 Å². The van der Waals surface area contributed by atoms with Crippen LogP contribution in [0.4, 0.5) is 5.95 Å². The van der Waals surface area contributed by atoms with Gasteiger partial charge in [-0.3, -0.25) is 0 Å². The first-order chi connectivity index (χ1) is 9.22. The molecule has 3 rings (SSSR count). The van der Waals surface area contributed by atoms with Crippen LogP contribution in [-0.2, 0) is 0 Å². The summed E-state index contributed by atoms with van der Waals surface area (Å²) in [4.78, 5) is 8.48. The van der Waals surface area contributed by atoms with Gasteiger partial charge >= 0.3 is 0 Å². The topological polar surface area (TPSA) is 64.9 Å². The number of rotatable bonds is 2. The Balaban J connectivity index is 2.12. The van der Waals surface area contributed by atoms with Crippen molar-refractivity contribution in [2.75, 3.05) is 5.73 Å². The van der Waals surface area contributed by atoms with Crippen molar-refractivity contribution in [3.8, 4) is 22.7 Å². The Morgan fingerprint density at radius 1 is 1.00 bits per heavy atom. The van der Waals surface area contributed by atoms with E-state index in [0.29, 0.717) is 11.5 Å². The Labute approximate surface area is 110 Å². The fourth-order valence-corrected chi connectivity index (χ4v) is 1.97. The highest BCUT2D eigenvalue weighted by Gasteiger charge is 2.08. The smallest absolute Gasteiger partial charge is 0.221 e. The summed E-state index contributed by atoms with van der Waals surface area (Å²) in [6, 6.07) is 13.6. The third-order valence-electron chi connectivity index (χ3n) is 2.83. The average Bonchev–Trinajstić information content (AvgIpc) is 2.92. The molecule has 0 aliphatic heterocycles. The van der Waals surface area contributed by atoms with Gasteiger partial charge in [0.05, 0.1) is 12.0 Å². The van der Waals surface area contributed by atoms with Crippen LogP contribution in [0.25, 0.3) is 22.7 Å². The van der Waals surface area contributed by atoms with Gasteiger partial charge in [0.25, 0.3) is 0 Å². The number of nitrogens with two attached hydrogens (primary N) is 1. The van der Waals surface area contributed by atoms with Gasteiger partial charge in [-0.1, -0.05) is 23.8 Å². The Morgan fingerprint density at radius 3 is 2.58 bits per heavy atom. The van der Waals surface area contributed by atoms with Gasteiger partial charge in [-0.25, -0.2) is 9.97 Å². The molecule has 3 aromatic rings. The van der Waals surface area contributed by atoms with Gasteiger partial charge < -0.3 is 10.2 Å². The van der Waals surface area contributed by atoms with E-state index in [4.69, 9.17) is 10.2 Å². The predicted octanol–water partition coefficient (Wildman–Crippen LogP) is 3.29. The molecule has 4 nitrogen and oxygen atoms in total. The van der Waals surface area contributed by atoms with Crippen molar-refractivity contribution < 1.29 is 4.42 Å². The molecule has 0 bridgehead atoms. The zero-order chi connectivity index (χ0) is 13.2. The zero-order valence-electron chi connectivity index (χ0n) is 10.5. The van der Waals surface area contributed by atoms with Crippen LogP contribution >= 0.6 is 0 Å². The van der Waals surface area contributed by atoms with Crippen molar-refractivity contribution in [1.29, 1.82) is 0 Å². The van der Waals surface area contributed by atoms with Gasteiger partial charge in [0, 0.05) is 5.56 Å². The lowest BCUT2D eigenvalue weighted by Gasteiger charge is -2.05. The quantitative estimate of drug-likeness (QED) is 0.759. The zero-order valence-corrected chi connectivity index (χ0v) is 10.5. The van der Waals surface area contributed by atoms with E-state index in [2.05, 4.69) is 16.0 Å². The minimum Gasteiger partial charge on any atom is -0.463 e. The van der Waals surface area contributed by atoms with Crippen LogP contribution in [0.3, 0.4) is 0 Å². The van der Waals surface area contributed by atoms with Crippen LogP contribution in [0.2, 0.25) is 0 Å². The largest absolute Gasteiger partial charge is 0.463 e. The Bertz CT molecular complexity index is 705. The summed E-state index contributed by atoms with van der Waals surface area (Å²) in [5.74, 6) is 0.924. The number of nitrogen functional groups attached to an aromatic ring is 1. The predicted molar refractivity (Wildman–Crippen MR) is 74.3 cm³/mol. The molecule has 4 heteroatoms. The van der Waals surface area contributed by atoms with Crippen LogP contribution in [0.5, 0.6) is 0 Å². The molecule has 2 heterocycles. The summed E-state index contributed by atoms with van der Waals surface area (Å²) in [6.07, 6.45) is 1.61. The molecule has 1 aromatic carbocycles. The van der Waals surface area contributed by atoms with E-state index in [-0.39, 0.29) is 5.95 Å². The van der Waals surface area contributed by atoms with E-state index >= 15 is 0 Å². The van der Waals surface area contributed by atoms with Gasteiger partial charge in [0.15, 0.2) is 5.76 Å². The van der Waals surface area contributed by atoms with E-state index in [1.54, 1.807) is 6.26 Å². The second kappa shape index (κ2) is 4.57. The van der Waals surface area contributed by atoms with Crippen molar-refractivity contribution in [2.45, 2.75) is 6.92 Å². The number of aromatic nitrogens is 2. The third-order valence-corrected chi connectivity index (χ3v) is 2.83. The molecule has 0 aliphatic rings. The van der Waals surface area contributed by atoms with Gasteiger partial charge in [0.1, 0.15) is 5.69 Å². The second-order valence-electron chi connectivity index (χ2n) is 4.34. The number of nitrogens with zero attached hydrogens (tertiary/aromatic N) is 2. The highest BCUT2D eigenvalue weighted by molar-refractivity contribution is 5.67. The van der Waals surface area contributed by atoms with Crippen molar-refractivity contribution >= 4 is 5.95 Å². The van der Waals surface area contributed by atoms with E-state index in [1.807, 2.05) is 43.3 Å². The van der Waals surface area contributed by atoms with Gasteiger partial charge in [-0.05, 0) is 31.2 Å². The molecular formula is C15H13N3O. The van der Waals surface area contributed by atoms with Gasteiger partial charge in [0.2, 0.25) is 5.95 Å². The first-order valence-electron chi connectivity index (χ1n) is 5.98. The molecule has 0 radical (unpaired) electrons. The molecule has 0 unspecified atom stereocenters. The SMILES string of the molecule is Cc1cccc(-c2cc(-c3ccco3)nc(N)n2)c1. The van der Waals surface area contributed by atoms with Crippen LogP contribution in [-0.4, -0.2) is 9.97 Å². The first kappa shape index (κ1) is 11.5. The number of benzene rings is 1. The number of anilines is 1. The molecule has 0 saturated carbocycles. The molecule has 19 heavy (non-hydrogen) atoms. The highest BCUT2D eigenvalue weighted by atomic mass is 16.3. The first-order valence-corrected chi connectivity index (χ1v) is 5.98. The normalized spacial score (nSPS) is 10.6. The summed E-state index contributed by atoms with van der Waals surface area (Å²) in [5, 5.41) is 0. The second-order valence-corrected chi connectivity index (χ2v) is 4.34. The van der Waals surface area contributed by atoms with Crippen molar-refractivity contribution in [1.82, 2.24) is 9.97 Å². The lowest BCUT2D eigenvalue weighted by Crippen LogP contribution is -1.98. The Kier molecular flexibility index (Phi) is 2.76. The summed E-state index contributed by atoms with van der Waals surface area (Å²) >= 11 is 0. The maximum absolute atomic E-state index is 5.78. The van der Waals surface area contributed by atoms with E-state index < -0.39 is 0 Å². The fraction of sp³-hybridized carbons (Fsp3) is 0.0667. The minimum absolute atomic E-state index is 0.241. The summed E-state index contributed by atoms with van der Waals surface area (Å²) in [7, 11) is 0. The molecule has 0 atom stereocenters. The molecule has 2 aromatic heterocycles. The van der Waals surface area contributed by atoms with Crippen LogP contribution in [0.15, 0.2) is 53.1 Å². The standard InChI is InChI=1S/C15H13N3O/c1-10-4-2-5-11(8-10)12-9-13(18-15(16)17-12)14-6-3-7-19-14/h2-9H,1H3,(H2,16,17,18). The Morgan fingerprint density at radius 2 is 1.84 bits per heavy atom. The molecule has 0 aliphatic carbocycles. The minimum atomic E-state index is 0.241. The molecule has 0 saturated heterocycles. The van der Waals surface area contributed by atoms with Gasteiger partial charge in [-0.15, -0.1) is 0 Å². The Hall–Kier alpha value is -2.62. The van der Waals surface area contributed by atoms with E-state index in [0.717, 1.165) is 11.3 Å². The summed E-state index contributed by atoms with van der Waals surface area (Å²) in [6.45, 7) is 2.04. The van der Waals surface area contributed by atoms with E-state index in [9.17, 15) is 0 Å². The maximum Gasteiger partial charge on any atom is 0.221 e.